The first-order chi connectivity index (χ1) is 12.8. The van der Waals surface area contributed by atoms with Gasteiger partial charge in [-0.1, -0.05) is 6.92 Å². The van der Waals surface area contributed by atoms with Gasteiger partial charge < -0.3 is 30.8 Å². The number of hydrogen-bond acceptors (Lipinski definition) is 6. The second-order valence-electron chi connectivity index (χ2n) is 7.14. The third kappa shape index (κ3) is 16.2. The quantitative estimate of drug-likeness (QED) is 0.197. The molecule has 1 radical (unpaired) electrons. The Labute approximate surface area is 167 Å². The van der Waals surface area contributed by atoms with Crippen LogP contribution in [0.1, 0.15) is 64.2 Å². The third-order valence-electron chi connectivity index (χ3n) is 4.59. The molecule has 6 N–H and O–H groups in total. The summed E-state index contributed by atoms with van der Waals surface area (Å²) in [4.78, 5) is 11.0. The highest BCUT2D eigenvalue weighted by atomic mass is 35.5. The van der Waals surface area contributed by atoms with E-state index in [1.54, 1.807) is 0 Å². The second-order valence-corrected chi connectivity index (χ2v) is 7.41. The van der Waals surface area contributed by atoms with Crippen LogP contribution in [0.15, 0.2) is 0 Å². The van der Waals surface area contributed by atoms with Crippen molar-refractivity contribution in [2.75, 3.05) is 12.4 Å². The van der Waals surface area contributed by atoms with Gasteiger partial charge in [0.25, 0.3) is 0 Å². The molecule has 0 aromatic heterocycles. The van der Waals surface area contributed by atoms with Crippen LogP contribution in [-0.4, -0.2) is 74.4 Å². The average Bonchev–Trinajstić information content (AvgIpc) is 2.66. The lowest BCUT2D eigenvalue weighted by molar-refractivity contribution is -0.118. The van der Waals surface area contributed by atoms with Crippen LogP contribution >= 0.6 is 11.6 Å². The van der Waals surface area contributed by atoms with Gasteiger partial charge in [-0.15, -0.1) is 11.6 Å². The van der Waals surface area contributed by atoms with Gasteiger partial charge in [-0.05, 0) is 64.2 Å². The molecule has 0 saturated carbocycles. The Bertz CT molecular complexity index is 374. The number of aliphatic hydroxyl groups excluding tert-OH is 5. The number of alkyl halides is 1. The van der Waals surface area contributed by atoms with Crippen molar-refractivity contribution in [2.45, 2.75) is 94.7 Å². The molecule has 0 bridgehead atoms. The number of rotatable bonds is 17. The summed E-state index contributed by atoms with van der Waals surface area (Å²) in [5, 5.41) is 51.5. The molecule has 0 aliphatic carbocycles. The summed E-state index contributed by atoms with van der Waals surface area (Å²) in [5.41, 5.74) is 0. The van der Waals surface area contributed by atoms with E-state index in [4.69, 9.17) is 11.6 Å². The Kier molecular flexibility index (Phi) is 16.2. The van der Waals surface area contributed by atoms with E-state index in [1.165, 1.54) is 0 Å². The normalized spacial score (nSPS) is 17.1. The van der Waals surface area contributed by atoms with E-state index in [9.17, 15) is 30.3 Å². The molecule has 0 heterocycles. The molecule has 0 aromatic rings. The standard InChI is InChI=1S/C19H37ClNO6/c1-2-14(22)3-4-15(23)5-6-16(24)7-8-17(25)9-10-18(26)11-12-21-19(27)13-20/h14-18,22-26H,1-13H2,(H,21,27). The van der Waals surface area contributed by atoms with Gasteiger partial charge >= 0.3 is 0 Å². The molecule has 27 heavy (non-hydrogen) atoms. The summed E-state index contributed by atoms with van der Waals surface area (Å²) in [6, 6.07) is 0. The van der Waals surface area contributed by atoms with E-state index in [0.717, 1.165) is 0 Å². The Balaban J connectivity index is 3.72. The SMILES string of the molecule is [CH2]CC(O)CCC(O)CCC(O)CCC(O)CCC(O)CCNC(=O)CCl. The number of nitrogens with one attached hydrogen (secondary N) is 1. The summed E-state index contributed by atoms with van der Waals surface area (Å²) < 4.78 is 0. The fourth-order valence-electron chi connectivity index (χ4n) is 2.69. The molecule has 1 amide bonds. The number of amides is 1. The molecule has 7 nitrogen and oxygen atoms in total. The van der Waals surface area contributed by atoms with Crippen LogP contribution in [-0.2, 0) is 4.79 Å². The maximum Gasteiger partial charge on any atom is 0.234 e. The summed E-state index contributed by atoms with van der Waals surface area (Å²) in [5.74, 6) is -0.381. The summed E-state index contributed by atoms with van der Waals surface area (Å²) in [7, 11) is 0. The van der Waals surface area contributed by atoms with Crippen LogP contribution in [0.3, 0.4) is 0 Å². The molecular weight excluding hydrogens is 374 g/mol. The van der Waals surface area contributed by atoms with Crippen LogP contribution in [0.2, 0.25) is 0 Å². The average molecular weight is 411 g/mol. The minimum absolute atomic E-state index is 0.105. The number of carbonyl (C=O) groups excluding carboxylic acids is 1. The summed E-state index contributed by atoms with van der Waals surface area (Å²) in [6.45, 7) is 3.94. The third-order valence-corrected chi connectivity index (χ3v) is 4.83. The van der Waals surface area contributed by atoms with Crippen molar-refractivity contribution >= 4 is 17.5 Å². The fourth-order valence-corrected chi connectivity index (χ4v) is 2.78. The molecule has 0 aliphatic rings. The minimum atomic E-state index is -0.608. The Morgan fingerprint density at radius 2 is 1.04 bits per heavy atom. The van der Waals surface area contributed by atoms with E-state index in [-0.39, 0.29) is 11.8 Å². The van der Waals surface area contributed by atoms with Crippen molar-refractivity contribution in [1.82, 2.24) is 5.32 Å². The van der Waals surface area contributed by atoms with Crippen molar-refractivity contribution in [1.29, 1.82) is 0 Å². The van der Waals surface area contributed by atoms with Gasteiger partial charge in [0.1, 0.15) is 5.88 Å². The molecule has 0 fully saturated rings. The second kappa shape index (κ2) is 16.5. The number of carbonyl (C=O) groups is 1. The maximum atomic E-state index is 11.0. The smallest absolute Gasteiger partial charge is 0.234 e. The highest BCUT2D eigenvalue weighted by Crippen LogP contribution is 2.15. The van der Waals surface area contributed by atoms with Gasteiger partial charge in [0.05, 0.1) is 30.5 Å². The van der Waals surface area contributed by atoms with Crippen molar-refractivity contribution < 1.29 is 30.3 Å². The molecule has 5 atom stereocenters. The first kappa shape index (κ1) is 26.6. The monoisotopic (exact) mass is 410 g/mol. The zero-order valence-corrected chi connectivity index (χ0v) is 16.9. The van der Waals surface area contributed by atoms with Crippen molar-refractivity contribution in [3.05, 3.63) is 6.92 Å². The highest BCUT2D eigenvalue weighted by molar-refractivity contribution is 6.27. The molecule has 5 unspecified atom stereocenters. The lowest BCUT2D eigenvalue weighted by Gasteiger charge is -2.18. The molecular formula is C19H37ClNO6. The molecule has 0 spiro atoms. The minimum Gasteiger partial charge on any atom is -0.393 e. The lowest BCUT2D eigenvalue weighted by atomic mass is 9.98. The molecule has 0 aromatic carbocycles. The number of halogens is 1. The lowest BCUT2D eigenvalue weighted by Crippen LogP contribution is -2.28. The number of hydrogen-bond donors (Lipinski definition) is 6. The largest absolute Gasteiger partial charge is 0.393 e. The molecule has 8 heteroatoms. The molecule has 161 valence electrons. The van der Waals surface area contributed by atoms with E-state index >= 15 is 0 Å². The fraction of sp³-hybridized carbons (Fsp3) is 0.895. The van der Waals surface area contributed by atoms with Gasteiger partial charge in [-0.3, -0.25) is 4.79 Å². The summed E-state index contributed by atoms with van der Waals surface area (Å²) in [6.07, 6.45) is 1.53. The van der Waals surface area contributed by atoms with E-state index in [2.05, 4.69) is 12.2 Å². The van der Waals surface area contributed by atoms with E-state index in [0.29, 0.717) is 70.8 Å². The Hall–Kier alpha value is -0.440. The van der Waals surface area contributed by atoms with Crippen LogP contribution in [0.5, 0.6) is 0 Å². The summed E-state index contributed by atoms with van der Waals surface area (Å²) >= 11 is 5.35. The Morgan fingerprint density at radius 3 is 1.37 bits per heavy atom. The van der Waals surface area contributed by atoms with Crippen LogP contribution in [0, 0.1) is 6.92 Å². The van der Waals surface area contributed by atoms with E-state index in [1.807, 2.05) is 0 Å². The van der Waals surface area contributed by atoms with Crippen LogP contribution in [0.25, 0.3) is 0 Å². The van der Waals surface area contributed by atoms with Gasteiger partial charge in [-0.2, -0.15) is 0 Å². The first-order valence-electron chi connectivity index (χ1n) is 9.80. The zero-order valence-electron chi connectivity index (χ0n) is 16.1. The predicted octanol–water partition coefficient (Wildman–Crippen LogP) is 0.881. The van der Waals surface area contributed by atoms with Gasteiger partial charge in [0, 0.05) is 6.54 Å². The van der Waals surface area contributed by atoms with Crippen LogP contribution in [0.4, 0.5) is 0 Å². The predicted molar refractivity (Wildman–Crippen MR) is 105 cm³/mol. The first-order valence-corrected chi connectivity index (χ1v) is 10.3. The Morgan fingerprint density at radius 1 is 0.704 bits per heavy atom. The van der Waals surface area contributed by atoms with Gasteiger partial charge in [-0.25, -0.2) is 0 Å². The van der Waals surface area contributed by atoms with Crippen molar-refractivity contribution in [3.63, 3.8) is 0 Å². The maximum absolute atomic E-state index is 11.0. The van der Waals surface area contributed by atoms with Gasteiger partial charge in [0.15, 0.2) is 0 Å². The molecule has 0 saturated heterocycles. The zero-order chi connectivity index (χ0) is 20.7. The topological polar surface area (TPSA) is 130 Å². The van der Waals surface area contributed by atoms with Gasteiger partial charge in [0.2, 0.25) is 5.91 Å². The molecule has 0 aliphatic heterocycles. The number of aliphatic hydroxyl groups is 5. The van der Waals surface area contributed by atoms with Crippen molar-refractivity contribution in [3.8, 4) is 0 Å². The van der Waals surface area contributed by atoms with Crippen molar-refractivity contribution in [2.24, 2.45) is 0 Å². The van der Waals surface area contributed by atoms with Crippen LogP contribution < -0.4 is 5.32 Å². The molecule has 0 rings (SSSR count). The highest BCUT2D eigenvalue weighted by Gasteiger charge is 2.14. The van der Waals surface area contributed by atoms with E-state index < -0.39 is 30.5 Å².